The van der Waals surface area contributed by atoms with Gasteiger partial charge in [0.15, 0.2) is 0 Å². The van der Waals surface area contributed by atoms with Crippen molar-refractivity contribution in [1.29, 1.82) is 0 Å². The number of aryl methyl sites for hydroxylation is 4. The van der Waals surface area contributed by atoms with Crippen LogP contribution >= 0.6 is 15.8 Å². The first kappa shape index (κ1) is 35.3. The molecule has 251 valence electrons. The first-order chi connectivity index (χ1) is 24.4. The minimum absolute atomic E-state index is 0. The van der Waals surface area contributed by atoms with E-state index in [4.69, 9.17) is 0 Å². The molecule has 0 nitrogen and oxygen atoms in total. The van der Waals surface area contributed by atoms with Crippen LogP contribution in [0.25, 0.3) is 16.8 Å². The molecule has 0 N–H and O–H groups in total. The average Bonchev–Trinajstić information content (AvgIpc) is 3.15. The molecule has 1 aliphatic rings. The summed E-state index contributed by atoms with van der Waals surface area (Å²) in [7, 11) is -1.71. The number of hydrogen-bond donors (Lipinski definition) is 0. The Balaban J connectivity index is 0.00000406. The third-order valence-electron chi connectivity index (χ3n) is 9.94. The largest absolute Gasteiger partial charge is 1.00 e. The third-order valence-corrected chi connectivity index (χ3v) is 15.0. The van der Waals surface area contributed by atoms with Gasteiger partial charge in [0.1, 0.15) is 0 Å². The summed E-state index contributed by atoms with van der Waals surface area (Å²) in [5.41, 5.74) is 10.8. The van der Waals surface area contributed by atoms with Gasteiger partial charge < -0.3 is 0 Å². The van der Waals surface area contributed by atoms with Crippen LogP contribution < -0.4 is 26.5 Å². The third kappa shape index (κ3) is 7.06. The second kappa shape index (κ2) is 15.2. The molecule has 3 heteroatoms. The van der Waals surface area contributed by atoms with Crippen LogP contribution in [0.2, 0.25) is 0 Å². The summed E-state index contributed by atoms with van der Waals surface area (Å²) in [6, 6.07) is 60.2. The molecule has 0 fully saturated rings. The number of fused-ring (bicyclic) bond motifs is 2. The Bertz CT molecular complexity index is 2210. The summed E-state index contributed by atoms with van der Waals surface area (Å²) < 4.78 is 0. The quantitative estimate of drug-likeness (QED) is 0.0859. The topological polar surface area (TPSA) is 0 Å². The molecule has 1 radical (unpaired) electrons. The van der Waals surface area contributed by atoms with E-state index in [0.717, 1.165) is 0 Å². The van der Waals surface area contributed by atoms with E-state index in [0.29, 0.717) is 0 Å². The second-order valence-electron chi connectivity index (χ2n) is 13.6. The molecule has 0 aliphatic heterocycles. The van der Waals surface area contributed by atoms with Crippen LogP contribution in [0.1, 0.15) is 44.9 Å². The number of benzene rings is 7. The van der Waals surface area contributed by atoms with Gasteiger partial charge >= 0.3 is 19.5 Å². The van der Waals surface area contributed by atoms with Crippen LogP contribution in [0.3, 0.4) is 0 Å². The van der Waals surface area contributed by atoms with Crippen molar-refractivity contribution in [2.75, 3.05) is 0 Å². The zero-order valence-electron chi connectivity index (χ0n) is 29.5. The van der Waals surface area contributed by atoms with Crippen molar-refractivity contribution in [3.63, 3.8) is 0 Å². The van der Waals surface area contributed by atoms with Gasteiger partial charge in [-0.05, 0) is 84.4 Å². The summed E-state index contributed by atoms with van der Waals surface area (Å²) in [6.45, 7) is 8.74. The molecule has 1 unspecified atom stereocenters. The van der Waals surface area contributed by atoms with Gasteiger partial charge in [-0.1, -0.05) is 186 Å². The average molecular weight is 781 g/mol. The van der Waals surface area contributed by atoms with Crippen LogP contribution in [0, 0.1) is 33.4 Å². The predicted molar refractivity (Wildman–Crippen MR) is 221 cm³/mol. The Morgan fingerprint density at radius 1 is 0.471 bits per heavy atom. The van der Waals surface area contributed by atoms with E-state index in [1.807, 2.05) is 0 Å². The molecule has 7 aromatic carbocycles. The molecule has 0 heterocycles. The Kier molecular flexibility index (Phi) is 10.6. The van der Waals surface area contributed by atoms with Crippen molar-refractivity contribution in [3.05, 3.63) is 208 Å². The normalized spacial score (nSPS) is 13.8. The van der Waals surface area contributed by atoms with Crippen molar-refractivity contribution in [2.24, 2.45) is 0 Å². The zero-order chi connectivity index (χ0) is 34.2. The Labute approximate surface area is 319 Å². The zero-order valence-corrected chi connectivity index (χ0v) is 33.0. The van der Waals surface area contributed by atoms with Crippen LogP contribution in [0.15, 0.2) is 164 Å². The molecule has 8 rings (SSSR count). The van der Waals surface area contributed by atoms with Gasteiger partial charge in [-0.2, -0.15) is 5.66 Å². The van der Waals surface area contributed by atoms with Crippen LogP contribution in [0.5, 0.6) is 0 Å². The van der Waals surface area contributed by atoms with Gasteiger partial charge in [0, 0.05) is 0 Å². The van der Waals surface area contributed by atoms with E-state index in [1.54, 1.807) is 0 Å². The molecule has 0 saturated carbocycles. The minimum atomic E-state index is -0.865. The molecular weight excluding hydrogens is 740 g/mol. The molecule has 7 aromatic rings. The van der Waals surface area contributed by atoms with E-state index < -0.39 is 15.8 Å². The van der Waals surface area contributed by atoms with E-state index in [2.05, 4.69) is 198 Å². The Morgan fingerprint density at radius 3 is 1.49 bits per heavy atom. The fourth-order valence-electron chi connectivity index (χ4n) is 7.30. The van der Waals surface area contributed by atoms with Gasteiger partial charge in [-0.3, -0.25) is 0 Å². The summed E-state index contributed by atoms with van der Waals surface area (Å²) in [6.07, 6.45) is 4.84. The van der Waals surface area contributed by atoms with Crippen LogP contribution in [-0.2, 0) is 19.5 Å². The summed E-state index contributed by atoms with van der Waals surface area (Å²) in [5.74, 6) is 0.0758. The smallest absolute Gasteiger partial charge is 0.219 e. The predicted octanol–water partition coefficient (Wildman–Crippen LogP) is 10.7. The number of allylic oxidation sites excluding steroid dienone is 1. The first-order valence-electron chi connectivity index (χ1n) is 17.5. The Morgan fingerprint density at radius 2 is 0.941 bits per heavy atom. The van der Waals surface area contributed by atoms with Crippen molar-refractivity contribution >= 4 is 59.2 Å². The van der Waals surface area contributed by atoms with Crippen molar-refractivity contribution < 1.29 is 19.5 Å². The van der Waals surface area contributed by atoms with Crippen molar-refractivity contribution in [1.82, 2.24) is 0 Å². The molecule has 0 bridgehead atoms. The molecule has 1 atom stereocenters. The van der Waals surface area contributed by atoms with Gasteiger partial charge in [-0.15, -0.1) is 13.5 Å². The minimum Gasteiger partial charge on any atom is -0.219 e. The van der Waals surface area contributed by atoms with E-state index in [-0.39, 0.29) is 25.4 Å². The molecule has 0 aromatic heterocycles. The van der Waals surface area contributed by atoms with Gasteiger partial charge in [0.25, 0.3) is 0 Å². The monoisotopic (exact) mass is 781 g/mol. The SMILES string of the molecule is Cc1ccc(P(c2ccc(C)cc2)c2ccc3ccccc3c2C2c3ccccc3C=C[C-]2P(c2ccc(C)cc2)c2ccc(C)cc2)cc1.[Ru+]. The maximum atomic E-state index is 2.48. The number of hydrogen-bond acceptors (Lipinski definition) is 0. The van der Waals surface area contributed by atoms with E-state index in [9.17, 15) is 0 Å². The summed E-state index contributed by atoms with van der Waals surface area (Å²) in [4.78, 5) is 0. The van der Waals surface area contributed by atoms with E-state index in [1.165, 1.54) is 81.9 Å². The van der Waals surface area contributed by atoms with Gasteiger partial charge in [0.05, 0.1) is 0 Å². The van der Waals surface area contributed by atoms with Gasteiger partial charge in [0.2, 0.25) is 0 Å². The maximum absolute atomic E-state index is 2.48. The second-order valence-corrected chi connectivity index (χ2v) is 18.0. The number of rotatable bonds is 7. The Hall–Kier alpha value is -4.11. The summed E-state index contributed by atoms with van der Waals surface area (Å²) >= 11 is 0. The van der Waals surface area contributed by atoms with E-state index >= 15 is 0 Å². The maximum Gasteiger partial charge on any atom is 1.00 e. The molecule has 1 aliphatic carbocycles. The standard InChI is InChI=1S/C48H41P2.Ru/c1-33-13-23-39(24-14-33)49(40-25-15-34(2)16-26-40)45-31-21-37-9-5-7-11-43(37)47(45)48-44-12-8-6-10-38(44)22-32-46(48)50(41-27-17-35(3)18-28-41)42-29-19-36(4)20-30-42;/h5-32,47H,1-4H3;/q-1;+1. The van der Waals surface area contributed by atoms with Crippen molar-refractivity contribution in [3.8, 4) is 0 Å². The van der Waals surface area contributed by atoms with Crippen LogP contribution in [0.4, 0.5) is 0 Å². The molecule has 0 spiro atoms. The molecule has 51 heavy (non-hydrogen) atoms. The summed E-state index contributed by atoms with van der Waals surface area (Å²) in [5, 5.41) is 9.60. The first-order valence-corrected chi connectivity index (χ1v) is 20.2. The molecule has 0 saturated heterocycles. The molecule has 0 amide bonds. The van der Waals surface area contributed by atoms with Gasteiger partial charge in [-0.25, -0.2) is 12.2 Å². The van der Waals surface area contributed by atoms with Crippen LogP contribution in [-0.4, -0.2) is 0 Å². The molecular formula is C48H41P2Ru. The van der Waals surface area contributed by atoms with Crippen molar-refractivity contribution in [2.45, 2.75) is 33.6 Å². The fourth-order valence-corrected chi connectivity index (χ4v) is 12.3. The fraction of sp³-hybridized carbons (Fsp3) is 0.104.